The van der Waals surface area contributed by atoms with E-state index in [0.717, 1.165) is 16.8 Å². The summed E-state index contributed by atoms with van der Waals surface area (Å²) in [7, 11) is 0. The smallest absolute Gasteiger partial charge is 0.335 e. The monoisotopic (exact) mass is 364 g/mol. The lowest BCUT2D eigenvalue weighted by atomic mass is 9.68. The van der Waals surface area contributed by atoms with Gasteiger partial charge in [0.25, 0.3) is 5.69 Å². The van der Waals surface area contributed by atoms with Gasteiger partial charge in [0.2, 0.25) is 0 Å². The topological polar surface area (TPSA) is 92.5 Å². The highest BCUT2D eigenvalue weighted by Crippen LogP contribution is 2.63. The van der Waals surface area contributed by atoms with E-state index in [2.05, 4.69) is 5.32 Å². The summed E-state index contributed by atoms with van der Waals surface area (Å²) >= 11 is 0. The number of benzene rings is 2. The molecule has 2 aromatic carbocycles. The number of rotatable bonds is 3. The van der Waals surface area contributed by atoms with Gasteiger partial charge in [0, 0.05) is 17.8 Å². The first-order valence-corrected chi connectivity index (χ1v) is 9.41. The van der Waals surface area contributed by atoms with Crippen LogP contribution in [0.5, 0.6) is 0 Å². The molecule has 5 atom stereocenters. The fourth-order valence-electron chi connectivity index (χ4n) is 5.75. The number of nitro benzene ring substituents is 1. The van der Waals surface area contributed by atoms with Crippen LogP contribution in [-0.2, 0) is 0 Å². The van der Waals surface area contributed by atoms with Crippen molar-refractivity contribution < 1.29 is 14.8 Å². The van der Waals surface area contributed by atoms with Crippen molar-refractivity contribution >= 4 is 17.3 Å². The number of non-ortho nitro benzene ring substituents is 1. The minimum atomic E-state index is -0.923. The number of nitrogens with one attached hydrogen (secondary N) is 1. The third-order valence-corrected chi connectivity index (χ3v) is 6.80. The standard InChI is InChI=1S/C21H20N2O4/c24-21(25)12-3-1-11(2-4-12)20-19-14-6-5-13(9-14)18(19)16-10-15(23(26)27)7-8-17(16)22-20/h1-4,7-8,10,13-14,18-20,22H,5-6,9H2,(H,24,25)/t13-,14-,18+,19+,20-/m0/s1. The molecule has 5 rings (SSSR count). The molecular formula is C21H20N2O4. The number of anilines is 1. The van der Waals surface area contributed by atoms with E-state index < -0.39 is 5.97 Å². The van der Waals surface area contributed by atoms with Gasteiger partial charge < -0.3 is 10.4 Å². The minimum absolute atomic E-state index is 0.113. The van der Waals surface area contributed by atoms with E-state index in [-0.39, 0.29) is 22.2 Å². The van der Waals surface area contributed by atoms with E-state index in [1.807, 2.05) is 18.2 Å². The zero-order chi connectivity index (χ0) is 18.7. The molecule has 1 heterocycles. The fourth-order valence-corrected chi connectivity index (χ4v) is 5.75. The van der Waals surface area contributed by atoms with Crippen molar-refractivity contribution in [3.63, 3.8) is 0 Å². The molecule has 2 bridgehead atoms. The highest BCUT2D eigenvalue weighted by atomic mass is 16.6. The van der Waals surface area contributed by atoms with Crippen molar-refractivity contribution in [1.29, 1.82) is 0 Å². The Morgan fingerprint density at radius 2 is 1.85 bits per heavy atom. The second-order valence-corrected chi connectivity index (χ2v) is 8.01. The highest BCUT2D eigenvalue weighted by Gasteiger charge is 2.54. The number of carboxylic acids is 1. The first kappa shape index (κ1) is 16.3. The molecule has 0 unspecified atom stereocenters. The second-order valence-electron chi connectivity index (χ2n) is 8.01. The lowest BCUT2D eigenvalue weighted by molar-refractivity contribution is -0.384. The van der Waals surface area contributed by atoms with Crippen LogP contribution >= 0.6 is 0 Å². The molecule has 2 saturated carbocycles. The molecule has 3 aliphatic rings. The Balaban J connectivity index is 1.58. The van der Waals surface area contributed by atoms with Gasteiger partial charge in [-0.3, -0.25) is 10.1 Å². The van der Waals surface area contributed by atoms with Gasteiger partial charge in [-0.05, 0) is 72.3 Å². The number of carbonyl (C=O) groups is 1. The van der Waals surface area contributed by atoms with Crippen LogP contribution < -0.4 is 5.32 Å². The Hall–Kier alpha value is -2.89. The van der Waals surface area contributed by atoms with Gasteiger partial charge in [0.15, 0.2) is 0 Å². The molecule has 2 aliphatic carbocycles. The van der Waals surface area contributed by atoms with E-state index in [9.17, 15) is 14.9 Å². The SMILES string of the molecule is O=C(O)c1ccc([C@@H]2Nc3ccc([N+](=O)[O-])cc3[C@H]3[C@H]4CC[C@@H](C4)[C@H]32)cc1. The summed E-state index contributed by atoms with van der Waals surface area (Å²) in [6.07, 6.45) is 3.59. The van der Waals surface area contributed by atoms with Crippen molar-refractivity contribution in [2.24, 2.45) is 17.8 Å². The summed E-state index contributed by atoms with van der Waals surface area (Å²) in [5, 5.41) is 24.0. The Morgan fingerprint density at radius 3 is 2.56 bits per heavy atom. The Labute approximate surface area is 156 Å². The van der Waals surface area contributed by atoms with Crippen molar-refractivity contribution in [2.45, 2.75) is 31.2 Å². The number of fused-ring (bicyclic) bond motifs is 7. The van der Waals surface area contributed by atoms with Crippen molar-refractivity contribution in [1.82, 2.24) is 0 Å². The Morgan fingerprint density at radius 1 is 1.11 bits per heavy atom. The maximum atomic E-state index is 11.2. The third kappa shape index (κ3) is 2.43. The van der Waals surface area contributed by atoms with Crippen LogP contribution in [0.3, 0.4) is 0 Å². The first-order chi connectivity index (χ1) is 13.0. The maximum Gasteiger partial charge on any atom is 0.335 e. The lowest BCUT2D eigenvalue weighted by Crippen LogP contribution is -2.35. The molecule has 0 radical (unpaired) electrons. The van der Waals surface area contributed by atoms with Crippen LogP contribution in [-0.4, -0.2) is 16.0 Å². The summed E-state index contributed by atoms with van der Waals surface area (Å²) in [6.45, 7) is 0. The minimum Gasteiger partial charge on any atom is -0.478 e. The van der Waals surface area contributed by atoms with Crippen molar-refractivity contribution in [3.8, 4) is 0 Å². The van der Waals surface area contributed by atoms with Gasteiger partial charge in [-0.1, -0.05) is 12.1 Å². The van der Waals surface area contributed by atoms with Gasteiger partial charge in [0.05, 0.1) is 16.5 Å². The Bertz CT molecular complexity index is 940. The van der Waals surface area contributed by atoms with Crippen molar-refractivity contribution in [3.05, 3.63) is 69.3 Å². The van der Waals surface area contributed by atoms with Gasteiger partial charge in [-0.2, -0.15) is 0 Å². The summed E-state index contributed by atoms with van der Waals surface area (Å²) in [5.74, 6) is 1.01. The molecular weight excluding hydrogens is 344 g/mol. The van der Waals surface area contributed by atoms with Gasteiger partial charge in [-0.15, -0.1) is 0 Å². The second kappa shape index (κ2) is 5.81. The molecule has 0 amide bonds. The molecule has 27 heavy (non-hydrogen) atoms. The quantitative estimate of drug-likeness (QED) is 0.614. The number of nitrogens with zero attached hydrogens (tertiary/aromatic N) is 1. The average molecular weight is 364 g/mol. The molecule has 2 fully saturated rings. The number of hydrogen-bond donors (Lipinski definition) is 2. The molecule has 6 nitrogen and oxygen atoms in total. The maximum absolute atomic E-state index is 11.2. The summed E-state index contributed by atoms with van der Waals surface area (Å²) in [5.41, 5.74) is 3.59. The summed E-state index contributed by atoms with van der Waals surface area (Å²) in [4.78, 5) is 22.1. The van der Waals surface area contributed by atoms with Crippen LogP contribution in [0.1, 0.15) is 52.7 Å². The molecule has 0 aromatic heterocycles. The number of carboxylic acid groups (broad SMARTS) is 1. The zero-order valence-corrected chi connectivity index (χ0v) is 14.7. The molecule has 0 saturated heterocycles. The fraction of sp³-hybridized carbons (Fsp3) is 0.381. The number of hydrogen-bond acceptors (Lipinski definition) is 4. The summed E-state index contributed by atoms with van der Waals surface area (Å²) < 4.78 is 0. The lowest BCUT2D eigenvalue weighted by Gasteiger charge is -2.43. The van der Waals surface area contributed by atoms with Crippen molar-refractivity contribution in [2.75, 3.05) is 5.32 Å². The van der Waals surface area contributed by atoms with E-state index in [1.54, 1.807) is 24.3 Å². The first-order valence-electron chi connectivity index (χ1n) is 9.41. The van der Waals surface area contributed by atoms with E-state index >= 15 is 0 Å². The van der Waals surface area contributed by atoms with Crippen LogP contribution in [0.25, 0.3) is 0 Å². The number of nitro groups is 1. The van der Waals surface area contributed by atoms with Crippen LogP contribution in [0.15, 0.2) is 42.5 Å². The normalized spacial score (nSPS) is 30.3. The molecule has 2 aromatic rings. The van der Waals surface area contributed by atoms with E-state index in [1.165, 1.54) is 19.3 Å². The highest BCUT2D eigenvalue weighted by molar-refractivity contribution is 5.87. The summed E-state index contributed by atoms with van der Waals surface area (Å²) in [6, 6.07) is 12.4. The molecule has 138 valence electrons. The number of aromatic carboxylic acids is 1. The van der Waals surface area contributed by atoms with E-state index in [0.29, 0.717) is 23.7 Å². The third-order valence-electron chi connectivity index (χ3n) is 6.80. The molecule has 1 aliphatic heterocycles. The average Bonchev–Trinajstić information content (AvgIpc) is 3.29. The molecule has 6 heteroatoms. The largest absolute Gasteiger partial charge is 0.478 e. The predicted molar refractivity (Wildman–Crippen MR) is 99.9 cm³/mol. The Kier molecular flexibility index (Phi) is 3.50. The zero-order valence-electron chi connectivity index (χ0n) is 14.7. The van der Waals surface area contributed by atoms with E-state index in [4.69, 9.17) is 5.11 Å². The van der Waals surface area contributed by atoms with Crippen LogP contribution in [0, 0.1) is 27.9 Å². The van der Waals surface area contributed by atoms with Gasteiger partial charge in [0.1, 0.15) is 0 Å². The molecule has 0 spiro atoms. The van der Waals surface area contributed by atoms with Crippen LogP contribution in [0.2, 0.25) is 0 Å². The van der Waals surface area contributed by atoms with Crippen LogP contribution in [0.4, 0.5) is 11.4 Å². The van der Waals surface area contributed by atoms with Gasteiger partial charge in [-0.25, -0.2) is 4.79 Å². The predicted octanol–water partition coefficient (Wildman–Crippen LogP) is 4.59. The molecule has 2 N–H and O–H groups in total. The van der Waals surface area contributed by atoms with Gasteiger partial charge >= 0.3 is 5.97 Å².